The quantitative estimate of drug-likeness (QED) is 0.732. The molecule has 0 bridgehead atoms. The lowest BCUT2D eigenvalue weighted by atomic mass is 9.94. The van der Waals surface area contributed by atoms with Crippen LogP contribution in [0.2, 0.25) is 0 Å². The molecule has 0 saturated carbocycles. The average Bonchev–Trinajstić information content (AvgIpc) is 2.27. The molecule has 5 heteroatoms. The third kappa shape index (κ3) is 1.92. The molecule has 1 aromatic rings. The molecule has 0 spiro atoms. The first kappa shape index (κ1) is 11.9. The van der Waals surface area contributed by atoms with Crippen molar-refractivity contribution in [1.82, 2.24) is 0 Å². The summed E-state index contributed by atoms with van der Waals surface area (Å²) in [6.45, 7) is 1.57. The summed E-state index contributed by atoms with van der Waals surface area (Å²) in [6, 6.07) is 4.64. The van der Waals surface area contributed by atoms with E-state index in [0.717, 1.165) is 0 Å². The van der Waals surface area contributed by atoms with Crippen LogP contribution in [0.4, 0.5) is 0 Å². The minimum atomic E-state index is -1.80. The highest BCUT2D eigenvalue weighted by Gasteiger charge is 2.23. The molecule has 1 atom stereocenters. The number of carbonyl (C=O) groups is 2. The number of carbonyl (C=O) groups excluding carboxylic acids is 1. The van der Waals surface area contributed by atoms with Crippen LogP contribution in [0.15, 0.2) is 12.1 Å². The summed E-state index contributed by atoms with van der Waals surface area (Å²) in [5.74, 6) is -1.46. The molecule has 1 rings (SSSR count). The summed E-state index contributed by atoms with van der Waals surface area (Å²) in [7, 11) is 0. The van der Waals surface area contributed by atoms with E-state index in [-0.39, 0.29) is 16.7 Å². The first-order valence-electron chi connectivity index (χ1n) is 4.42. The van der Waals surface area contributed by atoms with Crippen molar-refractivity contribution in [2.75, 3.05) is 0 Å². The van der Waals surface area contributed by atoms with Gasteiger partial charge in [0.05, 0.1) is 5.56 Å². The first-order valence-corrected chi connectivity index (χ1v) is 4.42. The van der Waals surface area contributed by atoms with Crippen molar-refractivity contribution in [2.24, 2.45) is 0 Å². The van der Waals surface area contributed by atoms with Crippen LogP contribution in [0.1, 0.15) is 33.2 Å². The van der Waals surface area contributed by atoms with Gasteiger partial charge in [0.1, 0.15) is 6.07 Å². The van der Waals surface area contributed by atoms with Crippen LogP contribution in [0.3, 0.4) is 0 Å². The fourth-order valence-corrected chi connectivity index (χ4v) is 1.44. The highest BCUT2D eigenvalue weighted by Crippen LogP contribution is 2.24. The molecule has 0 aliphatic carbocycles. The second kappa shape index (κ2) is 4.55. The van der Waals surface area contributed by atoms with Crippen molar-refractivity contribution in [2.45, 2.75) is 13.0 Å². The van der Waals surface area contributed by atoms with Gasteiger partial charge in [-0.3, -0.25) is 4.79 Å². The molecule has 5 nitrogen and oxygen atoms in total. The molecule has 0 heterocycles. The van der Waals surface area contributed by atoms with Crippen LogP contribution in [0.25, 0.3) is 0 Å². The number of hydrogen-bond acceptors (Lipinski definition) is 4. The van der Waals surface area contributed by atoms with Gasteiger partial charge in [-0.15, -0.1) is 0 Å². The van der Waals surface area contributed by atoms with E-state index in [1.54, 1.807) is 13.0 Å². The highest BCUT2D eigenvalue weighted by molar-refractivity contribution is 5.83. The van der Waals surface area contributed by atoms with E-state index in [1.807, 2.05) is 0 Å². The Hall–Kier alpha value is -2.19. The van der Waals surface area contributed by atoms with Crippen LogP contribution < -0.4 is 0 Å². The Balaban J connectivity index is 3.53. The van der Waals surface area contributed by atoms with Gasteiger partial charge in [0.25, 0.3) is 0 Å². The van der Waals surface area contributed by atoms with Gasteiger partial charge in [-0.1, -0.05) is 12.1 Å². The smallest absolute Gasteiger partial charge is 0.337 e. The molecule has 0 aliphatic heterocycles. The predicted molar refractivity (Wildman–Crippen MR) is 53.9 cm³/mol. The van der Waals surface area contributed by atoms with Crippen molar-refractivity contribution in [3.05, 3.63) is 34.4 Å². The lowest BCUT2D eigenvalue weighted by Crippen LogP contribution is -2.14. The van der Waals surface area contributed by atoms with Gasteiger partial charge >= 0.3 is 5.97 Å². The maximum absolute atomic E-state index is 10.7. The third-order valence-corrected chi connectivity index (χ3v) is 2.24. The van der Waals surface area contributed by atoms with Gasteiger partial charge < -0.3 is 10.2 Å². The number of rotatable bonds is 3. The maximum atomic E-state index is 10.7. The first-order chi connectivity index (χ1) is 7.52. The molecule has 1 unspecified atom stereocenters. The van der Waals surface area contributed by atoms with Crippen molar-refractivity contribution < 1.29 is 19.8 Å². The Morgan fingerprint density at radius 3 is 2.62 bits per heavy atom. The zero-order chi connectivity index (χ0) is 12.3. The standard InChI is InChI=1S/C11H9NO4/c1-6-2-3-7(5-13)8(4-12)9(6)10(14)11(15)16/h2-3,5,10,14H,1H3,(H,15,16). The molecule has 0 radical (unpaired) electrons. The van der Waals surface area contributed by atoms with E-state index in [2.05, 4.69) is 0 Å². The summed E-state index contributed by atoms with van der Waals surface area (Å²) >= 11 is 0. The van der Waals surface area contributed by atoms with E-state index >= 15 is 0 Å². The van der Waals surface area contributed by atoms with Gasteiger partial charge in [0.15, 0.2) is 12.4 Å². The number of aliphatic carboxylic acids is 1. The van der Waals surface area contributed by atoms with Crippen LogP contribution in [-0.2, 0) is 4.79 Å². The van der Waals surface area contributed by atoms with Crippen LogP contribution in [0, 0.1) is 18.3 Å². The number of nitriles is 1. The molecule has 0 aromatic heterocycles. The number of hydrogen-bond donors (Lipinski definition) is 2. The van der Waals surface area contributed by atoms with Crippen LogP contribution in [0.5, 0.6) is 0 Å². The summed E-state index contributed by atoms with van der Waals surface area (Å²) in [5, 5.41) is 27.0. The lowest BCUT2D eigenvalue weighted by molar-refractivity contribution is -0.147. The molecular weight excluding hydrogens is 210 g/mol. The Kier molecular flexibility index (Phi) is 3.38. The normalized spacial score (nSPS) is 11.6. The fourth-order valence-electron chi connectivity index (χ4n) is 1.44. The summed E-state index contributed by atoms with van der Waals surface area (Å²) in [6.07, 6.45) is -1.34. The molecule has 0 fully saturated rings. The summed E-state index contributed by atoms with van der Waals surface area (Å²) in [5.41, 5.74) is 0.407. The van der Waals surface area contributed by atoms with Crippen molar-refractivity contribution >= 4 is 12.3 Å². The van der Waals surface area contributed by atoms with E-state index in [0.29, 0.717) is 11.8 Å². The van der Waals surface area contributed by atoms with E-state index in [1.165, 1.54) is 12.1 Å². The van der Waals surface area contributed by atoms with Gasteiger partial charge in [-0.2, -0.15) is 5.26 Å². The minimum Gasteiger partial charge on any atom is -0.479 e. The second-order valence-electron chi connectivity index (χ2n) is 3.23. The van der Waals surface area contributed by atoms with Gasteiger partial charge in [-0.25, -0.2) is 4.79 Å². The van der Waals surface area contributed by atoms with Crippen molar-refractivity contribution in [3.8, 4) is 6.07 Å². The van der Waals surface area contributed by atoms with Crippen LogP contribution in [-0.4, -0.2) is 22.5 Å². The number of aliphatic hydroxyl groups is 1. The monoisotopic (exact) mass is 219 g/mol. The Labute approximate surface area is 91.6 Å². The molecule has 82 valence electrons. The molecule has 0 amide bonds. The lowest BCUT2D eigenvalue weighted by Gasteiger charge is -2.12. The molecular formula is C11H9NO4. The molecule has 1 aromatic carbocycles. The summed E-state index contributed by atoms with van der Waals surface area (Å²) < 4.78 is 0. The molecule has 0 saturated heterocycles. The van der Waals surface area contributed by atoms with Crippen molar-refractivity contribution in [3.63, 3.8) is 0 Å². The Bertz CT molecular complexity index is 487. The third-order valence-electron chi connectivity index (χ3n) is 2.24. The fraction of sp³-hybridized carbons (Fsp3) is 0.182. The van der Waals surface area contributed by atoms with Gasteiger partial charge in [-0.05, 0) is 12.5 Å². The summed E-state index contributed by atoms with van der Waals surface area (Å²) in [4.78, 5) is 21.3. The van der Waals surface area contributed by atoms with Crippen LogP contribution >= 0.6 is 0 Å². The van der Waals surface area contributed by atoms with E-state index in [4.69, 9.17) is 10.4 Å². The predicted octanol–water partition coefficient (Wildman–Crippen LogP) is 0.797. The number of benzene rings is 1. The SMILES string of the molecule is Cc1ccc(C=O)c(C#N)c1C(O)C(=O)O. The van der Waals surface area contributed by atoms with E-state index < -0.39 is 12.1 Å². The van der Waals surface area contributed by atoms with Gasteiger partial charge in [0.2, 0.25) is 0 Å². The maximum Gasteiger partial charge on any atom is 0.337 e. The second-order valence-corrected chi connectivity index (χ2v) is 3.23. The number of aliphatic hydroxyl groups excluding tert-OH is 1. The number of carboxylic acid groups (broad SMARTS) is 1. The number of nitrogens with zero attached hydrogens (tertiary/aromatic N) is 1. The molecule has 16 heavy (non-hydrogen) atoms. The highest BCUT2D eigenvalue weighted by atomic mass is 16.4. The Morgan fingerprint density at radius 1 is 1.56 bits per heavy atom. The average molecular weight is 219 g/mol. The van der Waals surface area contributed by atoms with Gasteiger partial charge in [0, 0.05) is 11.1 Å². The molecule has 2 N–H and O–H groups in total. The number of carboxylic acids is 1. The number of aryl methyl sites for hydroxylation is 1. The van der Waals surface area contributed by atoms with Crippen molar-refractivity contribution in [1.29, 1.82) is 5.26 Å². The zero-order valence-corrected chi connectivity index (χ0v) is 8.47. The largest absolute Gasteiger partial charge is 0.479 e. The number of aldehydes is 1. The topological polar surface area (TPSA) is 98.4 Å². The Morgan fingerprint density at radius 2 is 2.19 bits per heavy atom. The minimum absolute atomic E-state index is 0.0281. The molecule has 0 aliphatic rings. The zero-order valence-electron chi connectivity index (χ0n) is 8.47. The van der Waals surface area contributed by atoms with E-state index in [9.17, 15) is 14.7 Å².